The Labute approximate surface area is 85.0 Å². The van der Waals surface area contributed by atoms with Gasteiger partial charge in [0.2, 0.25) is 5.91 Å². The van der Waals surface area contributed by atoms with Gasteiger partial charge in [-0.3, -0.25) is 4.79 Å². The van der Waals surface area contributed by atoms with E-state index in [1.54, 1.807) is 0 Å². The maximum absolute atomic E-state index is 10.9. The third-order valence-corrected chi connectivity index (χ3v) is 1.93. The van der Waals surface area contributed by atoms with E-state index in [0.717, 1.165) is 12.0 Å². The number of likely N-dealkylation sites (N-methyl/N-ethyl adjacent to an activating group) is 1. The monoisotopic (exact) mass is 198 g/mol. The number of nitrogens with one attached hydrogen (secondary N) is 1. The number of carbonyl (C=O) groups is 2. The molecule has 0 spiro atoms. The van der Waals surface area contributed by atoms with Crippen molar-refractivity contribution >= 4 is 12.2 Å². The van der Waals surface area contributed by atoms with Gasteiger partial charge in [0.25, 0.3) is 0 Å². The molecular weight excluding hydrogens is 180 g/mol. The highest BCUT2D eigenvalue weighted by Gasteiger charge is 2.14. The van der Waals surface area contributed by atoms with Gasteiger partial charge in [-0.2, -0.15) is 0 Å². The molecule has 0 aliphatic heterocycles. The molecule has 14 heavy (non-hydrogen) atoms. The van der Waals surface area contributed by atoms with E-state index < -0.39 is 0 Å². The van der Waals surface area contributed by atoms with Crippen LogP contribution >= 0.6 is 0 Å². The molecule has 0 unspecified atom stereocenters. The molecule has 0 aliphatic rings. The van der Waals surface area contributed by atoms with Gasteiger partial charge < -0.3 is 15.0 Å². The van der Waals surface area contributed by atoms with Gasteiger partial charge in [-0.05, 0) is 6.42 Å². The van der Waals surface area contributed by atoms with Gasteiger partial charge in [0.15, 0.2) is 0 Å². The van der Waals surface area contributed by atoms with Crippen LogP contribution in [0.1, 0.15) is 19.8 Å². The second kappa shape index (κ2) is 6.18. The van der Waals surface area contributed by atoms with E-state index in [4.69, 9.17) is 0 Å². The minimum atomic E-state index is -0.146. The zero-order valence-corrected chi connectivity index (χ0v) is 9.04. The first kappa shape index (κ1) is 12.7. The van der Waals surface area contributed by atoms with Crippen LogP contribution in [0.3, 0.4) is 0 Å². The molecule has 0 fully saturated rings. The Morgan fingerprint density at radius 3 is 2.50 bits per heavy atom. The highest BCUT2D eigenvalue weighted by Crippen LogP contribution is 2.08. The van der Waals surface area contributed by atoms with Crippen LogP contribution in [0.4, 0.5) is 0 Å². The molecule has 0 heterocycles. The van der Waals surface area contributed by atoms with Crippen LogP contribution < -0.4 is 5.32 Å². The van der Waals surface area contributed by atoms with E-state index in [-0.39, 0.29) is 11.9 Å². The van der Waals surface area contributed by atoms with E-state index in [0.29, 0.717) is 12.8 Å². The molecule has 1 N–H and O–H groups in total. The maximum atomic E-state index is 10.9. The summed E-state index contributed by atoms with van der Waals surface area (Å²) in [6.45, 7) is 5.31. The molecule has 1 amide bonds. The molecule has 0 radical (unpaired) electrons. The fraction of sp³-hybridized carbons (Fsp3) is 0.600. The summed E-state index contributed by atoms with van der Waals surface area (Å²) in [6, 6.07) is -0.146. The average Bonchev–Trinajstić information content (AvgIpc) is 2.10. The topological polar surface area (TPSA) is 49.4 Å². The first-order chi connectivity index (χ1) is 6.49. The van der Waals surface area contributed by atoms with Crippen molar-refractivity contribution in [3.05, 3.63) is 12.3 Å². The number of amides is 1. The van der Waals surface area contributed by atoms with E-state index >= 15 is 0 Å². The highest BCUT2D eigenvalue weighted by atomic mass is 16.1. The summed E-state index contributed by atoms with van der Waals surface area (Å²) in [4.78, 5) is 23.0. The molecule has 0 saturated heterocycles. The minimum Gasteiger partial charge on any atom is -0.380 e. The number of nitrogens with zero attached hydrogens (tertiary/aromatic N) is 1. The fourth-order valence-corrected chi connectivity index (χ4v) is 1.11. The Balaban J connectivity index is 4.29. The largest absolute Gasteiger partial charge is 0.380 e. The minimum absolute atomic E-state index is 0.108. The van der Waals surface area contributed by atoms with Gasteiger partial charge in [0.1, 0.15) is 6.29 Å². The number of hydrogen-bond donors (Lipinski definition) is 1. The molecule has 0 bridgehead atoms. The summed E-state index contributed by atoms with van der Waals surface area (Å²) in [6.07, 6.45) is 1.87. The Kier molecular flexibility index (Phi) is 5.60. The highest BCUT2D eigenvalue weighted by molar-refractivity contribution is 5.73. The normalized spacial score (nSPS) is 11.6. The summed E-state index contributed by atoms with van der Waals surface area (Å²) in [5.41, 5.74) is 0.807. The van der Waals surface area contributed by atoms with Gasteiger partial charge in [-0.15, -0.1) is 0 Å². The quantitative estimate of drug-likeness (QED) is 0.634. The molecule has 0 aromatic rings. The van der Waals surface area contributed by atoms with Crippen LogP contribution in [0.5, 0.6) is 0 Å². The molecule has 0 rings (SSSR count). The SMILES string of the molecule is C=C([C@H](CCC=O)NC(C)=O)N(C)C. The van der Waals surface area contributed by atoms with Crippen molar-refractivity contribution in [2.45, 2.75) is 25.8 Å². The standard InChI is InChI=1S/C10H18N2O2/c1-8(12(3)4)10(6-5-7-13)11-9(2)14/h7,10H,1,5-6H2,2-4H3,(H,11,14)/t10-/m0/s1. The van der Waals surface area contributed by atoms with E-state index in [1.807, 2.05) is 19.0 Å². The van der Waals surface area contributed by atoms with Crippen LogP contribution in [0.15, 0.2) is 12.3 Å². The zero-order chi connectivity index (χ0) is 11.1. The Bertz CT molecular complexity index is 224. The van der Waals surface area contributed by atoms with Crippen molar-refractivity contribution < 1.29 is 9.59 Å². The summed E-state index contributed by atoms with van der Waals surface area (Å²) in [5.74, 6) is -0.108. The molecule has 0 aromatic carbocycles. The lowest BCUT2D eigenvalue weighted by Crippen LogP contribution is -2.38. The lowest BCUT2D eigenvalue weighted by atomic mass is 10.1. The molecule has 0 aromatic heterocycles. The second-order valence-electron chi connectivity index (χ2n) is 3.38. The van der Waals surface area contributed by atoms with Crippen molar-refractivity contribution in [1.82, 2.24) is 10.2 Å². The van der Waals surface area contributed by atoms with Crippen LogP contribution in [0.25, 0.3) is 0 Å². The smallest absolute Gasteiger partial charge is 0.217 e. The fourth-order valence-electron chi connectivity index (χ4n) is 1.11. The Hall–Kier alpha value is -1.32. The average molecular weight is 198 g/mol. The van der Waals surface area contributed by atoms with Crippen molar-refractivity contribution in [3.63, 3.8) is 0 Å². The first-order valence-electron chi connectivity index (χ1n) is 4.56. The van der Waals surface area contributed by atoms with Gasteiger partial charge in [-0.1, -0.05) is 6.58 Å². The van der Waals surface area contributed by atoms with Gasteiger partial charge in [0, 0.05) is 33.1 Å². The van der Waals surface area contributed by atoms with E-state index in [1.165, 1.54) is 6.92 Å². The molecule has 1 atom stereocenters. The number of rotatable bonds is 6. The first-order valence-corrected chi connectivity index (χ1v) is 4.56. The summed E-state index contributed by atoms with van der Waals surface area (Å²) in [7, 11) is 3.72. The Morgan fingerprint density at radius 2 is 2.14 bits per heavy atom. The van der Waals surface area contributed by atoms with Crippen molar-refractivity contribution in [2.75, 3.05) is 14.1 Å². The third kappa shape index (κ3) is 4.64. The van der Waals surface area contributed by atoms with Gasteiger partial charge in [0.05, 0.1) is 6.04 Å². The van der Waals surface area contributed by atoms with Crippen LogP contribution in [0.2, 0.25) is 0 Å². The summed E-state index contributed by atoms with van der Waals surface area (Å²) >= 11 is 0. The summed E-state index contributed by atoms with van der Waals surface area (Å²) in [5, 5.41) is 2.76. The molecular formula is C10H18N2O2. The number of carbonyl (C=O) groups excluding carboxylic acids is 2. The van der Waals surface area contributed by atoms with Crippen LogP contribution in [0, 0.1) is 0 Å². The molecule has 0 aliphatic carbocycles. The lowest BCUT2D eigenvalue weighted by Gasteiger charge is -2.25. The lowest BCUT2D eigenvalue weighted by molar-refractivity contribution is -0.119. The van der Waals surface area contributed by atoms with E-state index in [9.17, 15) is 9.59 Å². The zero-order valence-electron chi connectivity index (χ0n) is 9.04. The third-order valence-electron chi connectivity index (χ3n) is 1.93. The molecule has 0 saturated carbocycles. The number of aldehydes is 1. The van der Waals surface area contributed by atoms with Gasteiger partial charge in [-0.25, -0.2) is 0 Å². The second-order valence-corrected chi connectivity index (χ2v) is 3.38. The van der Waals surface area contributed by atoms with Crippen LogP contribution in [-0.2, 0) is 9.59 Å². The molecule has 4 heteroatoms. The van der Waals surface area contributed by atoms with Crippen LogP contribution in [-0.4, -0.2) is 37.2 Å². The Morgan fingerprint density at radius 1 is 1.57 bits per heavy atom. The van der Waals surface area contributed by atoms with Gasteiger partial charge >= 0.3 is 0 Å². The van der Waals surface area contributed by atoms with Crippen molar-refractivity contribution in [2.24, 2.45) is 0 Å². The predicted octanol–water partition coefficient (Wildman–Crippen LogP) is 0.545. The van der Waals surface area contributed by atoms with E-state index in [2.05, 4.69) is 11.9 Å². The predicted molar refractivity (Wildman–Crippen MR) is 55.7 cm³/mol. The molecule has 80 valence electrons. The van der Waals surface area contributed by atoms with Crippen molar-refractivity contribution in [3.8, 4) is 0 Å². The summed E-state index contributed by atoms with van der Waals surface area (Å²) < 4.78 is 0. The van der Waals surface area contributed by atoms with Crippen molar-refractivity contribution in [1.29, 1.82) is 0 Å². The number of hydrogen-bond acceptors (Lipinski definition) is 3. The molecule has 4 nitrogen and oxygen atoms in total. The maximum Gasteiger partial charge on any atom is 0.217 e.